The molecule has 0 amide bonds. The first-order valence-corrected chi connectivity index (χ1v) is 8.50. The molecule has 3 heteroatoms. The van der Waals surface area contributed by atoms with Crippen molar-refractivity contribution < 1.29 is 20.1 Å². The smallest absolute Gasteiger partial charge is 0.0608 e. The van der Waals surface area contributed by atoms with Crippen molar-refractivity contribution in [1.82, 2.24) is 9.38 Å². The van der Waals surface area contributed by atoms with Crippen molar-refractivity contribution in [2.24, 2.45) is 0 Å². The Kier molecular flexibility index (Phi) is 4.14. The van der Waals surface area contributed by atoms with Gasteiger partial charge in [0.15, 0.2) is 0 Å². The van der Waals surface area contributed by atoms with Gasteiger partial charge in [-0.3, -0.25) is 4.98 Å². The van der Waals surface area contributed by atoms with Gasteiger partial charge in [0, 0.05) is 38.0 Å². The van der Waals surface area contributed by atoms with E-state index in [0.717, 1.165) is 11.0 Å². The fraction of sp³-hybridized carbons (Fsp3) is 0.0870. The van der Waals surface area contributed by atoms with E-state index in [0.29, 0.717) is 0 Å². The van der Waals surface area contributed by atoms with Gasteiger partial charge in [0.2, 0.25) is 0 Å². The number of hydrogen-bond donors (Lipinski definition) is 0. The second-order valence-electron chi connectivity index (χ2n) is 6.58. The van der Waals surface area contributed by atoms with Gasteiger partial charge >= 0.3 is 0 Å². The predicted octanol–water partition coefficient (Wildman–Crippen LogP) is 5.72. The first-order chi connectivity index (χ1) is 12.2. The molecule has 129 valence electrons. The van der Waals surface area contributed by atoms with Crippen LogP contribution in [0.15, 0.2) is 67.0 Å². The minimum atomic E-state index is 0. The molecule has 0 bridgehead atoms. The predicted molar refractivity (Wildman–Crippen MR) is 104 cm³/mol. The molecule has 2 aromatic heterocycles. The number of benzene rings is 3. The van der Waals surface area contributed by atoms with Crippen LogP contribution in [0.1, 0.15) is 11.1 Å². The second-order valence-corrected chi connectivity index (χ2v) is 6.58. The molecular weight excluding hydrogens is 496 g/mol. The Balaban J connectivity index is 0.00000168. The maximum Gasteiger partial charge on any atom is 0.0608 e. The molecule has 0 saturated heterocycles. The van der Waals surface area contributed by atoms with Crippen molar-refractivity contribution in [1.29, 1.82) is 0 Å². The Hall–Kier alpha value is -2.48. The molecule has 0 fully saturated rings. The van der Waals surface area contributed by atoms with Crippen molar-refractivity contribution in [3.63, 3.8) is 0 Å². The van der Waals surface area contributed by atoms with Gasteiger partial charge in [-0.05, 0) is 47.6 Å². The number of imidazole rings is 1. The monoisotopic (exact) mass is 514 g/mol. The summed E-state index contributed by atoms with van der Waals surface area (Å²) in [5, 5.41) is 3.50. The summed E-state index contributed by atoms with van der Waals surface area (Å²) < 4.78 is 2.16. The zero-order valence-electron chi connectivity index (χ0n) is 14.6. The third kappa shape index (κ3) is 2.39. The van der Waals surface area contributed by atoms with E-state index in [4.69, 9.17) is 0 Å². The van der Waals surface area contributed by atoms with E-state index in [1.165, 1.54) is 38.5 Å². The van der Waals surface area contributed by atoms with Crippen molar-refractivity contribution >= 4 is 27.3 Å². The second kappa shape index (κ2) is 6.35. The van der Waals surface area contributed by atoms with Crippen LogP contribution in [-0.4, -0.2) is 9.38 Å². The fourth-order valence-electron chi connectivity index (χ4n) is 3.92. The standard InChI is InChI=1S/C23H17N2.Ir/c1-15-6-5-7-16(2)22(15)17-10-11-21-20(14-17)18-8-3-4-9-19(18)23-24-12-13-25(21)23;/h3-8,10-14H,1-2H3;/q-1;. The molecule has 5 rings (SSSR count). The van der Waals surface area contributed by atoms with Gasteiger partial charge in [-0.2, -0.15) is 0 Å². The zero-order chi connectivity index (χ0) is 17.0. The van der Waals surface area contributed by atoms with Crippen LogP contribution in [-0.2, 0) is 20.1 Å². The maximum absolute atomic E-state index is 4.54. The van der Waals surface area contributed by atoms with Gasteiger partial charge < -0.3 is 4.40 Å². The molecule has 0 spiro atoms. The Labute approximate surface area is 165 Å². The van der Waals surface area contributed by atoms with E-state index >= 15 is 0 Å². The van der Waals surface area contributed by atoms with E-state index < -0.39 is 0 Å². The molecule has 0 aliphatic heterocycles. The average molecular weight is 514 g/mol. The molecule has 26 heavy (non-hydrogen) atoms. The number of hydrogen-bond acceptors (Lipinski definition) is 1. The number of aryl methyl sites for hydroxylation is 2. The van der Waals surface area contributed by atoms with E-state index in [1.807, 2.05) is 24.5 Å². The summed E-state index contributed by atoms with van der Waals surface area (Å²) in [5.41, 5.74) is 7.33. The molecule has 3 aromatic carbocycles. The summed E-state index contributed by atoms with van der Waals surface area (Å²) in [6.45, 7) is 4.36. The molecule has 0 unspecified atom stereocenters. The Morgan fingerprint density at radius 3 is 2.54 bits per heavy atom. The van der Waals surface area contributed by atoms with Gasteiger partial charge in [-0.25, -0.2) is 0 Å². The van der Waals surface area contributed by atoms with Crippen molar-refractivity contribution in [2.45, 2.75) is 13.8 Å². The minimum absolute atomic E-state index is 0. The van der Waals surface area contributed by atoms with Gasteiger partial charge in [-0.15, -0.1) is 29.7 Å². The molecule has 0 aliphatic rings. The fourth-order valence-corrected chi connectivity index (χ4v) is 3.92. The molecule has 0 aliphatic carbocycles. The van der Waals surface area contributed by atoms with Crippen molar-refractivity contribution in [3.05, 3.63) is 84.2 Å². The van der Waals surface area contributed by atoms with Gasteiger partial charge in [0.05, 0.1) is 5.65 Å². The Morgan fingerprint density at radius 1 is 0.923 bits per heavy atom. The van der Waals surface area contributed by atoms with Crippen molar-refractivity contribution in [3.8, 4) is 11.1 Å². The minimum Gasteiger partial charge on any atom is -0.340 e. The van der Waals surface area contributed by atoms with E-state index in [9.17, 15) is 0 Å². The first-order valence-electron chi connectivity index (χ1n) is 8.50. The number of aromatic nitrogens is 2. The normalized spacial score (nSPS) is 11.2. The molecule has 0 atom stereocenters. The number of pyridine rings is 1. The SMILES string of the molecule is Cc1cccc(C)c1-c1ccc2c(c1)c1ccc[c-]c1c1nccn21.[Ir]. The van der Waals surface area contributed by atoms with Gasteiger partial charge in [0.25, 0.3) is 0 Å². The Bertz CT molecular complexity index is 1250. The van der Waals surface area contributed by atoms with Crippen LogP contribution in [0.2, 0.25) is 0 Å². The van der Waals surface area contributed by atoms with Gasteiger partial charge in [0.1, 0.15) is 0 Å². The molecule has 2 heterocycles. The van der Waals surface area contributed by atoms with Crippen LogP contribution in [0.3, 0.4) is 0 Å². The van der Waals surface area contributed by atoms with Crippen LogP contribution < -0.4 is 0 Å². The van der Waals surface area contributed by atoms with Gasteiger partial charge in [-0.1, -0.05) is 35.7 Å². The molecule has 0 N–H and O–H groups in total. The summed E-state index contributed by atoms with van der Waals surface area (Å²) in [4.78, 5) is 4.54. The zero-order valence-corrected chi connectivity index (χ0v) is 17.0. The Morgan fingerprint density at radius 2 is 1.73 bits per heavy atom. The summed E-state index contributed by atoms with van der Waals surface area (Å²) in [7, 11) is 0. The van der Waals surface area contributed by atoms with Crippen LogP contribution in [0.25, 0.3) is 38.4 Å². The molecule has 0 saturated carbocycles. The van der Waals surface area contributed by atoms with Crippen molar-refractivity contribution in [2.75, 3.05) is 0 Å². The third-order valence-corrected chi connectivity index (χ3v) is 5.04. The third-order valence-electron chi connectivity index (χ3n) is 5.04. The summed E-state index contributed by atoms with van der Waals surface area (Å²) in [6, 6.07) is 22.7. The van der Waals surface area contributed by atoms with E-state index in [-0.39, 0.29) is 20.1 Å². The molecule has 1 radical (unpaired) electrons. The van der Waals surface area contributed by atoms with E-state index in [2.05, 4.69) is 71.8 Å². The quantitative estimate of drug-likeness (QED) is 0.207. The van der Waals surface area contributed by atoms with Crippen LogP contribution in [0.4, 0.5) is 0 Å². The van der Waals surface area contributed by atoms with E-state index in [1.54, 1.807) is 0 Å². The average Bonchev–Trinajstić information content (AvgIpc) is 3.12. The summed E-state index contributed by atoms with van der Waals surface area (Å²) in [6.07, 6.45) is 3.88. The molecule has 5 aromatic rings. The summed E-state index contributed by atoms with van der Waals surface area (Å²) >= 11 is 0. The van der Waals surface area contributed by atoms with Crippen LogP contribution in [0.5, 0.6) is 0 Å². The number of fused-ring (bicyclic) bond motifs is 6. The molecule has 2 nitrogen and oxygen atoms in total. The maximum atomic E-state index is 4.54. The van der Waals surface area contributed by atoms with Crippen LogP contribution in [0, 0.1) is 19.9 Å². The topological polar surface area (TPSA) is 17.3 Å². The largest absolute Gasteiger partial charge is 0.340 e. The number of nitrogens with zero attached hydrogens (tertiary/aromatic N) is 2. The molecular formula is C23H17IrN2-. The number of rotatable bonds is 1. The summed E-state index contributed by atoms with van der Waals surface area (Å²) in [5.74, 6) is 0. The first kappa shape index (κ1) is 17.0. The van der Waals surface area contributed by atoms with Crippen LogP contribution >= 0.6 is 0 Å².